The van der Waals surface area contributed by atoms with E-state index in [0.717, 1.165) is 23.7 Å². The molecule has 3 aliphatic carbocycles. The van der Waals surface area contributed by atoms with Crippen molar-refractivity contribution in [2.45, 2.75) is 57.0 Å². The summed E-state index contributed by atoms with van der Waals surface area (Å²) in [6.07, 6.45) is 11.3. The van der Waals surface area contributed by atoms with E-state index >= 15 is 0 Å². The number of hydrogen-bond donors (Lipinski definition) is 0. The van der Waals surface area contributed by atoms with Crippen LogP contribution in [0.2, 0.25) is 0 Å². The predicted molar refractivity (Wildman–Crippen MR) is 86.0 cm³/mol. The van der Waals surface area contributed by atoms with Crippen molar-refractivity contribution in [3.63, 3.8) is 0 Å². The molecule has 3 fully saturated rings. The highest BCUT2D eigenvalue weighted by atomic mass is 16.5. The van der Waals surface area contributed by atoms with Crippen LogP contribution in [0, 0.1) is 23.7 Å². The van der Waals surface area contributed by atoms with E-state index in [2.05, 4.69) is 30.3 Å². The fourth-order valence-corrected chi connectivity index (χ4v) is 6.23. The van der Waals surface area contributed by atoms with Crippen molar-refractivity contribution in [2.75, 3.05) is 7.11 Å². The van der Waals surface area contributed by atoms with Crippen molar-refractivity contribution in [1.82, 2.24) is 0 Å². The Kier molecular flexibility index (Phi) is 3.57. The Morgan fingerprint density at radius 1 is 0.810 bits per heavy atom. The van der Waals surface area contributed by atoms with Gasteiger partial charge in [0.2, 0.25) is 0 Å². The highest BCUT2D eigenvalue weighted by Gasteiger charge is 2.61. The van der Waals surface area contributed by atoms with Crippen LogP contribution in [0.3, 0.4) is 0 Å². The average molecular weight is 284 g/mol. The molecule has 0 saturated heterocycles. The fraction of sp³-hybridized carbons (Fsp3) is 0.700. The summed E-state index contributed by atoms with van der Waals surface area (Å²) in [7, 11) is 1.98. The van der Waals surface area contributed by atoms with Gasteiger partial charge in [-0.05, 0) is 54.9 Å². The zero-order chi connectivity index (χ0) is 14.3. The van der Waals surface area contributed by atoms with E-state index in [1.807, 2.05) is 7.11 Å². The van der Waals surface area contributed by atoms with Gasteiger partial charge in [-0.2, -0.15) is 0 Å². The summed E-state index contributed by atoms with van der Waals surface area (Å²) in [6, 6.07) is 11.2. The SMILES string of the molecule is COC1(c2ccccc2)[C@H]2CCCC[C@@H]2[C@@H]2CCCC[C@@H]21. The van der Waals surface area contributed by atoms with E-state index in [0.29, 0.717) is 0 Å². The highest BCUT2D eigenvalue weighted by Crippen LogP contribution is 2.64. The lowest BCUT2D eigenvalue weighted by atomic mass is 9.70. The number of hydrogen-bond acceptors (Lipinski definition) is 1. The third-order valence-corrected chi connectivity index (χ3v) is 6.85. The van der Waals surface area contributed by atoms with Gasteiger partial charge in [-0.15, -0.1) is 0 Å². The Labute approximate surface area is 129 Å². The first-order valence-corrected chi connectivity index (χ1v) is 8.98. The highest BCUT2D eigenvalue weighted by molar-refractivity contribution is 5.29. The van der Waals surface area contributed by atoms with Crippen LogP contribution in [0.4, 0.5) is 0 Å². The minimum atomic E-state index is 0.0113. The molecular weight excluding hydrogens is 256 g/mol. The molecule has 0 aromatic heterocycles. The van der Waals surface area contributed by atoms with Crippen LogP contribution >= 0.6 is 0 Å². The van der Waals surface area contributed by atoms with E-state index in [-0.39, 0.29) is 5.60 Å². The molecule has 4 rings (SSSR count). The molecule has 1 unspecified atom stereocenters. The Morgan fingerprint density at radius 3 is 1.86 bits per heavy atom. The number of rotatable bonds is 2. The molecular formula is C20H28O. The second-order valence-corrected chi connectivity index (χ2v) is 7.47. The second kappa shape index (κ2) is 5.43. The second-order valence-electron chi connectivity index (χ2n) is 7.47. The van der Waals surface area contributed by atoms with Crippen LogP contribution in [0.1, 0.15) is 56.9 Å². The molecule has 3 aliphatic rings. The van der Waals surface area contributed by atoms with Crippen molar-refractivity contribution in [1.29, 1.82) is 0 Å². The van der Waals surface area contributed by atoms with Crippen molar-refractivity contribution in [3.8, 4) is 0 Å². The van der Waals surface area contributed by atoms with Gasteiger partial charge in [0.25, 0.3) is 0 Å². The number of methoxy groups -OCH3 is 1. The molecule has 1 nitrogen and oxygen atoms in total. The standard InChI is InChI=1S/C20H28O/c1-21-20(15-9-3-2-4-10-15)18-13-7-5-11-16(18)17-12-6-8-14-19(17)20/h2-4,9-10,16-19H,5-8,11-14H2,1H3/t16-,17+,18-,19-,20?/m0/s1. The van der Waals surface area contributed by atoms with Crippen molar-refractivity contribution >= 4 is 0 Å². The summed E-state index contributed by atoms with van der Waals surface area (Å²) in [5.74, 6) is 3.35. The van der Waals surface area contributed by atoms with Crippen molar-refractivity contribution < 1.29 is 4.74 Å². The van der Waals surface area contributed by atoms with E-state index in [9.17, 15) is 0 Å². The first-order valence-electron chi connectivity index (χ1n) is 8.98. The molecule has 1 aromatic carbocycles. The molecule has 21 heavy (non-hydrogen) atoms. The maximum Gasteiger partial charge on any atom is 0.0988 e. The monoisotopic (exact) mass is 284 g/mol. The van der Waals surface area contributed by atoms with Gasteiger partial charge in [-0.1, -0.05) is 56.0 Å². The third kappa shape index (κ3) is 1.93. The van der Waals surface area contributed by atoms with E-state index in [1.165, 1.54) is 56.9 Å². The lowest BCUT2D eigenvalue weighted by Gasteiger charge is -2.43. The Balaban J connectivity index is 1.83. The lowest BCUT2D eigenvalue weighted by Crippen LogP contribution is -2.41. The molecule has 0 spiro atoms. The fourth-order valence-electron chi connectivity index (χ4n) is 6.23. The Hall–Kier alpha value is -0.820. The number of ether oxygens (including phenoxy) is 1. The molecule has 5 atom stereocenters. The van der Waals surface area contributed by atoms with Gasteiger partial charge in [0.05, 0.1) is 5.60 Å². The molecule has 3 saturated carbocycles. The first kappa shape index (κ1) is 13.8. The summed E-state index contributed by atoms with van der Waals surface area (Å²) < 4.78 is 6.42. The summed E-state index contributed by atoms with van der Waals surface area (Å²) in [6.45, 7) is 0. The van der Waals surface area contributed by atoms with Gasteiger partial charge < -0.3 is 4.74 Å². The summed E-state index contributed by atoms with van der Waals surface area (Å²) in [5, 5.41) is 0. The molecule has 0 N–H and O–H groups in total. The Morgan fingerprint density at radius 2 is 1.33 bits per heavy atom. The van der Waals surface area contributed by atoms with Crippen LogP contribution in [-0.4, -0.2) is 7.11 Å². The lowest BCUT2D eigenvalue weighted by molar-refractivity contribution is -0.0993. The van der Waals surface area contributed by atoms with E-state index in [1.54, 1.807) is 0 Å². The van der Waals surface area contributed by atoms with E-state index < -0.39 is 0 Å². The third-order valence-electron chi connectivity index (χ3n) is 6.85. The van der Waals surface area contributed by atoms with Gasteiger partial charge >= 0.3 is 0 Å². The molecule has 0 radical (unpaired) electrons. The van der Waals surface area contributed by atoms with Gasteiger partial charge in [0.15, 0.2) is 0 Å². The zero-order valence-electron chi connectivity index (χ0n) is 13.3. The summed E-state index contributed by atoms with van der Waals surface area (Å²) in [5.41, 5.74) is 1.47. The van der Waals surface area contributed by atoms with Crippen molar-refractivity contribution in [2.24, 2.45) is 23.7 Å². The average Bonchev–Trinajstić information content (AvgIpc) is 2.87. The topological polar surface area (TPSA) is 9.23 Å². The number of benzene rings is 1. The zero-order valence-corrected chi connectivity index (χ0v) is 13.3. The molecule has 0 aliphatic heterocycles. The van der Waals surface area contributed by atoms with Gasteiger partial charge in [0.1, 0.15) is 0 Å². The molecule has 1 heteroatoms. The number of fused-ring (bicyclic) bond motifs is 3. The van der Waals surface area contributed by atoms with Crippen molar-refractivity contribution in [3.05, 3.63) is 35.9 Å². The van der Waals surface area contributed by atoms with Gasteiger partial charge in [0, 0.05) is 7.11 Å². The van der Waals surface area contributed by atoms with Gasteiger partial charge in [-0.3, -0.25) is 0 Å². The Bertz CT molecular complexity index is 458. The van der Waals surface area contributed by atoms with Crippen LogP contribution in [-0.2, 0) is 10.3 Å². The smallest absolute Gasteiger partial charge is 0.0988 e. The quantitative estimate of drug-likeness (QED) is 0.729. The predicted octanol–water partition coefficient (Wildman–Crippen LogP) is 5.15. The summed E-state index contributed by atoms with van der Waals surface area (Å²) >= 11 is 0. The maximum absolute atomic E-state index is 6.42. The minimum absolute atomic E-state index is 0.0113. The molecule has 114 valence electrons. The molecule has 0 heterocycles. The van der Waals surface area contributed by atoms with E-state index in [4.69, 9.17) is 4.74 Å². The largest absolute Gasteiger partial charge is 0.373 e. The minimum Gasteiger partial charge on any atom is -0.373 e. The summed E-state index contributed by atoms with van der Waals surface area (Å²) in [4.78, 5) is 0. The van der Waals surface area contributed by atoms with Gasteiger partial charge in [-0.25, -0.2) is 0 Å². The van der Waals surface area contributed by atoms with Crippen LogP contribution in [0.15, 0.2) is 30.3 Å². The maximum atomic E-state index is 6.42. The molecule has 0 bridgehead atoms. The van der Waals surface area contributed by atoms with Crippen LogP contribution in [0.25, 0.3) is 0 Å². The molecule has 1 aromatic rings. The van der Waals surface area contributed by atoms with Crippen LogP contribution < -0.4 is 0 Å². The normalized spacial score (nSPS) is 42.3. The first-order chi connectivity index (χ1) is 10.4. The van der Waals surface area contributed by atoms with Crippen LogP contribution in [0.5, 0.6) is 0 Å². The molecule has 0 amide bonds.